The third-order valence-electron chi connectivity index (χ3n) is 2.65. The topological polar surface area (TPSA) is 48.1 Å². The van der Waals surface area contributed by atoms with Gasteiger partial charge in [-0.1, -0.05) is 6.07 Å². The third-order valence-corrected chi connectivity index (χ3v) is 4.26. The van der Waals surface area contributed by atoms with Crippen LogP contribution >= 0.6 is 33.9 Å². The first-order valence-electron chi connectivity index (χ1n) is 5.72. The van der Waals surface area contributed by atoms with Crippen LogP contribution in [0.1, 0.15) is 5.01 Å². The lowest BCUT2D eigenvalue weighted by molar-refractivity contribution is 0.485. The Morgan fingerprint density at radius 1 is 1.26 bits per heavy atom. The quantitative estimate of drug-likeness (QED) is 0.521. The average molecular weight is 382 g/mol. The second kappa shape index (κ2) is 4.97. The van der Waals surface area contributed by atoms with E-state index in [9.17, 15) is 0 Å². The summed E-state index contributed by atoms with van der Waals surface area (Å²) in [5, 5.41) is 1.03. The van der Waals surface area contributed by atoms with Gasteiger partial charge in [0.15, 0.2) is 5.75 Å². The number of nitrogen functional groups attached to an aromatic ring is 1. The van der Waals surface area contributed by atoms with E-state index >= 15 is 0 Å². The molecule has 3 nitrogen and oxygen atoms in total. The van der Waals surface area contributed by atoms with Crippen molar-refractivity contribution in [1.82, 2.24) is 4.98 Å². The van der Waals surface area contributed by atoms with E-state index in [2.05, 4.69) is 27.6 Å². The van der Waals surface area contributed by atoms with Crippen molar-refractivity contribution in [2.75, 3.05) is 5.73 Å². The zero-order valence-electron chi connectivity index (χ0n) is 10.2. The summed E-state index contributed by atoms with van der Waals surface area (Å²) in [6.45, 7) is 1.99. The van der Waals surface area contributed by atoms with Gasteiger partial charge in [0, 0.05) is 9.64 Å². The Labute approximate surface area is 128 Å². The molecule has 2 N–H and O–H groups in total. The van der Waals surface area contributed by atoms with Gasteiger partial charge < -0.3 is 10.5 Å². The number of aryl methyl sites for hydroxylation is 1. The molecule has 0 saturated heterocycles. The maximum atomic E-state index is 6.03. The maximum absolute atomic E-state index is 6.03. The molecule has 96 valence electrons. The van der Waals surface area contributed by atoms with Crippen LogP contribution in [0.3, 0.4) is 0 Å². The first-order valence-corrected chi connectivity index (χ1v) is 7.61. The van der Waals surface area contributed by atoms with Crippen LogP contribution in [0.4, 0.5) is 5.69 Å². The van der Waals surface area contributed by atoms with Gasteiger partial charge in [-0.15, -0.1) is 11.3 Å². The van der Waals surface area contributed by atoms with Gasteiger partial charge in [-0.3, -0.25) is 0 Å². The van der Waals surface area contributed by atoms with Crippen molar-refractivity contribution in [1.29, 1.82) is 0 Å². The molecule has 0 atom stereocenters. The lowest BCUT2D eigenvalue weighted by Gasteiger charge is -2.08. The van der Waals surface area contributed by atoms with Crippen LogP contribution in [0.5, 0.6) is 11.5 Å². The fourth-order valence-electron chi connectivity index (χ4n) is 1.83. The number of nitrogens with zero attached hydrogens (tertiary/aromatic N) is 1. The second-order valence-electron chi connectivity index (χ2n) is 4.15. The first-order chi connectivity index (χ1) is 9.11. The smallest absolute Gasteiger partial charge is 0.152 e. The molecule has 0 saturated carbocycles. The molecule has 0 spiro atoms. The molecule has 0 aliphatic rings. The summed E-state index contributed by atoms with van der Waals surface area (Å²) in [6.07, 6.45) is 0. The zero-order valence-corrected chi connectivity index (χ0v) is 13.2. The predicted molar refractivity (Wildman–Crippen MR) is 88.0 cm³/mol. The Morgan fingerprint density at radius 3 is 2.89 bits per heavy atom. The van der Waals surface area contributed by atoms with Crippen molar-refractivity contribution in [2.45, 2.75) is 6.92 Å². The minimum Gasteiger partial charge on any atom is -0.455 e. The van der Waals surface area contributed by atoms with Crippen molar-refractivity contribution in [3.8, 4) is 11.5 Å². The van der Waals surface area contributed by atoms with Crippen molar-refractivity contribution in [3.63, 3.8) is 0 Å². The Bertz CT molecular complexity index is 754. The highest BCUT2D eigenvalue weighted by Gasteiger charge is 2.08. The largest absolute Gasteiger partial charge is 0.455 e. The van der Waals surface area contributed by atoms with Crippen LogP contribution in [0.2, 0.25) is 0 Å². The van der Waals surface area contributed by atoms with Gasteiger partial charge in [-0.2, -0.15) is 0 Å². The molecule has 1 aromatic heterocycles. The van der Waals surface area contributed by atoms with Gasteiger partial charge in [0.2, 0.25) is 0 Å². The molecule has 0 unspecified atom stereocenters. The average Bonchev–Trinajstić information content (AvgIpc) is 2.69. The summed E-state index contributed by atoms with van der Waals surface area (Å²) in [7, 11) is 0. The number of hydrogen-bond acceptors (Lipinski definition) is 4. The molecule has 3 rings (SSSR count). The van der Waals surface area contributed by atoms with Crippen molar-refractivity contribution in [2.24, 2.45) is 0 Å². The minimum atomic E-state index is 0.634. The summed E-state index contributed by atoms with van der Waals surface area (Å²) in [5.74, 6) is 1.43. The van der Waals surface area contributed by atoms with Crippen LogP contribution in [-0.4, -0.2) is 4.98 Å². The molecular weight excluding hydrogens is 371 g/mol. The van der Waals surface area contributed by atoms with E-state index in [1.54, 1.807) is 11.3 Å². The summed E-state index contributed by atoms with van der Waals surface area (Å²) in [5.41, 5.74) is 7.60. The highest BCUT2D eigenvalue weighted by Crippen LogP contribution is 2.34. The molecule has 0 radical (unpaired) electrons. The standard InChI is InChI=1S/C14H11IN2OS/c1-8-17-12-7-13(11(16)6-14(12)19-8)18-10-4-2-3-9(15)5-10/h2-7H,16H2,1H3. The van der Waals surface area contributed by atoms with Crippen LogP contribution in [0.25, 0.3) is 10.2 Å². The van der Waals surface area contributed by atoms with Crippen molar-refractivity contribution < 1.29 is 4.74 Å². The zero-order chi connectivity index (χ0) is 13.4. The lowest BCUT2D eigenvalue weighted by Crippen LogP contribution is -1.92. The number of benzene rings is 2. The number of fused-ring (bicyclic) bond motifs is 1. The Kier molecular flexibility index (Phi) is 3.32. The van der Waals surface area contributed by atoms with Gasteiger partial charge in [0.1, 0.15) is 5.75 Å². The lowest BCUT2D eigenvalue weighted by atomic mass is 10.2. The number of thiazole rings is 1. The Morgan fingerprint density at radius 2 is 2.11 bits per heavy atom. The molecule has 0 aliphatic heterocycles. The normalized spacial score (nSPS) is 10.8. The summed E-state index contributed by atoms with van der Waals surface area (Å²) in [4.78, 5) is 4.46. The molecule has 0 fully saturated rings. The molecular formula is C14H11IN2OS. The third kappa shape index (κ3) is 2.66. The molecule has 0 amide bonds. The molecule has 0 bridgehead atoms. The number of ether oxygens (including phenoxy) is 1. The van der Waals surface area contributed by atoms with E-state index in [4.69, 9.17) is 10.5 Å². The molecule has 19 heavy (non-hydrogen) atoms. The van der Waals surface area contributed by atoms with E-state index in [-0.39, 0.29) is 0 Å². The van der Waals surface area contributed by atoms with E-state index in [1.807, 2.05) is 43.3 Å². The van der Waals surface area contributed by atoms with Gasteiger partial charge in [0.05, 0.1) is 20.9 Å². The van der Waals surface area contributed by atoms with Gasteiger partial charge in [-0.25, -0.2) is 4.98 Å². The van der Waals surface area contributed by atoms with E-state index in [0.717, 1.165) is 24.5 Å². The van der Waals surface area contributed by atoms with Crippen molar-refractivity contribution in [3.05, 3.63) is 45.0 Å². The SMILES string of the molecule is Cc1nc2cc(Oc3cccc(I)c3)c(N)cc2s1. The number of nitrogens with two attached hydrogens (primary N) is 1. The molecule has 3 aromatic rings. The van der Waals surface area contributed by atoms with Crippen LogP contribution in [-0.2, 0) is 0 Å². The fourth-order valence-corrected chi connectivity index (χ4v) is 3.20. The highest BCUT2D eigenvalue weighted by molar-refractivity contribution is 14.1. The Hall–Kier alpha value is -1.34. The number of aromatic nitrogens is 1. The van der Waals surface area contributed by atoms with Crippen molar-refractivity contribution >= 4 is 49.8 Å². The predicted octanol–water partition coefficient (Wildman–Crippen LogP) is 4.58. The number of halogens is 1. The summed E-state index contributed by atoms with van der Waals surface area (Å²) >= 11 is 3.89. The number of hydrogen-bond donors (Lipinski definition) is 1. The second-order valence-corrected chi connectivity index (χ2v) is 6.63. The fraction of sp³-hybridized carbons (Fsp3) is 0.0714. The highest BCUT2D eigenvalue weighted by atomic mass is 127. The summed E-state index contributed by atoms with van der Waals surface area (Å²) in [6, 6.07) is 11.7. The van der Waals surface area contributed by atoms with E-state index in [0.29, 0.717) is 11.4 Å². The van der Waals surface area contributed by atoms with Gasteiger partial charge in [-0.05, 0) is 53.8 Å². The molecule has 5 heteroatoms. The molecule has 2 aromatic carbocycles. The Balaban J connectivity index is 2.02. The van der Waals surface area contributed by atoms with E-state index < -0.39 is 0 Å². The van der Waals surface area contributed by atoms with Gasteiger partial charge in [0.25, 0.3) is 0 Å². The minimum absolute atomic E-state index is 0.634. The van der Waals surface area contributed by atoms with Crippen LogP contribution < -0.4 is 10.5 Å². The van der Waals surface area contributed by atoms with Gasteiger partial charge >= 0.3 is 0 Å². The number of rotatable bonds is 2. The molecule has 1 heterocycles. The maximum Gasteiger partial charge on any atom is 0.152 e. The summed E-state index contributed by atoms with van der Waals surface area (Å²) < 4.78 is 8.05. The molecule has 0 aliphatic carbocycles. The number of anilines is 1. The monoisotopic (exact) mass is 382 g/mol. The van der Waals surface area contributed by atoms with E-state index in [1.165, 1.54) is 0 Å². The van der Waals surface area contributed by atoms with Crippen LogP contribution in [0, 0.1) is 10.5 Å². The first kappa shape index (κ1) is 12.7. The van der Waals surface area contributed by atoms with Crippen LogP contribution in [0.15, 0.2) is 36.4 Å².